The lowest BCUT2D eigenvalue weighted by Crippen LogP contribution is -2.38. The van der Waals surface area contributed by atoms with Crippen molar-refractivity contribution in [3.05, 3.63) is 87.9 Å². The van der Waals surface area contributed by atoms with Crippen LogP contribution in [0.25, 0.3) is 11.8 Å². The van der Waals surface area contributed by atoms with Gasteiger partial charge in [0.2, 0.25) is 5.91 Å². The zero-order valence-electron chi connectivity index (χ0n) is 20.0. The summed E-state index contributed by atoms with van der Waals surface area (Å²) in [5.74, 6) is -0.970. The van der Waals surface area contributed by atoms with E-state index >= 15 is 0 Å². The number of imide groups is 1. The Morgan fingerprint density at radius 2 is 1.71 bits per heavy atom. The normalized spacial score (nSPS) is 14.6. The molecule has 3 aromatic rings. The van der Waals surface area contributed by atoms with Crippen LogP contribution >= 0.6 is 0 Å². The number of hydrogen-bond acceptors (Lipinski definition) is 3. The van der Waals surface area contributed by atoms with E-state index in [9.17, 15) is 14.4 Å². The van der Waals surface area contributed by atoms with E-state index < -0.39 is 17.8 Å². The maximum atomic E-state index is 12.9. The molecule has 2 aromatic carbocycles. The van der Waals surface area contributed by atoms with Crippen molar-refractivity contribution >= 4 is 29.6 Å². The Morgan fingerprint density at radius 1 is 1.00 bits per heavy atom. The third kappa shape index (κ3) is 4.37. The van der Waals surface area contributed by atoms with Gasteiger partial charge in [0, 0.05) is 22.8 Å². The molecule has 1 aromatic heterocycles. The number of aromatic nitrogens is 1. The lowest BCUT2D eigenvalue weighted by atomic mass is 10.1. The van der Waals surface area contributed by atoms with Crippen molar-refractivity contribution in [3.63, 3.8) is 0 Å². The molecule has 7 heteroatoms. The van der Waals surface area contributed by atoms with Crippen molar-refractivity contribution in [3.8, 4) is 5.69 Å². The van der Waals surface area contributed by atoms with Gasteiger partial charge in [-0.3, -0.25) is 9.59 Å². The van der Waals surface area contributed by atoms with Gasteiger partial charge in [0.15, 0.2) is 0 Å². The molecule has 1 fully saturated rings. The van der Waals surface area contributed by atoms with Crippen LogP contribution in [-0.4, -0.2) is 33.9 Å². The highest BCUT2D eigenvalue weighted by molar-refractivity contribution is 6.16. The summed E-state index contributed by atoms with van der Waals surface area (Å²) in [7, 11) is 0. The molecule has 4 amide bonds. The van der Waals surface area contributed by atoms with Gasteiger partial charge in [-0.1, -0.05) is 29.8 Å². The Morgan fingerprint density at radius 3 is 2.41 bits per heavy atom. The van der Waals surface area contributed by atoms with Crippen LogP contribution in [-0.2, 0) is 9.59 Å². The van der Waals surface area contributed by atoms with E-state index in [-0.39, 0.29) is 12.2 Å². The maximum absolute atomic E-state index is 12.9. The minimum atomic E-state index is -0.612. The fraction of sp³-hybridized carbons (Fsp3) is 0.222. The van der Waals surface area contributed by atoms with Gasteiger partial charge in [0.05, 0.1) is 0 Å². The van der Waals surface area contributed by atoms with E-state index in [0.29, 0.717) is 5.69 Å². The van der Waals surface area contributed by atoms with Crippen LogP contribution in [0.5, 0.6) is 0 Å². The Kier molecular flexibility index (Phi) is 6.11. The van der Waals surface area contributed by atoms with Crippen LogP contribution in [0.15, 0.2) is 54.2 Å². The minimum absolute atomic E-state index is 0.148. The van der Waals surface area contributed by atoms with Gasteiger partial charge in [-0.15, -0.1) is 0 Å². The molecule has 2 N–H and O–H groups in total. The number of carbonyl (C=O) groups is 3. The largest absolute Gasteiger partial charge is 0.329 e. The molecule has 4 rings (SSSR count). The van der Waals surface area contributed by atoms with E-state index in [1.54, 1.807) is 18.2 Å². The predicted octanol–water partition coefficient (Wildman–Crippen LogP) is 4.55. The molecule has 1 aliphatic heterocycles. The highest BCUT2D eigenvalue weighted by Crippen LogP contribution is 2.27. The molecule has 1 aliphatic rings. The number of nitrogens with zero attached hydrogens (tertiary/aromatic N) is 2. The Bertz CT molecular complexity index is 1330. The fourth-order valence-corrected chi connectivity index (χ4v) is 4.13. The second kappa shape index (κ2) is 9.02. The van der Waals surface area contributed by atoms with Crippen LogP contribution in [0.3, 0.4) is 0 Å². The van der Waals surface area contributed by atoms with Crippen molar-refractivity contribution in [1.29, 1.82) is 0 Å². The zero-order chi connectivity index (χ0) is 24.6. The standard InChI is InChI=1S/C27H28N4O3/c1-16-9-11-22(12-10-16)28-25(32)15-30-26(33)23(29-27(30)34)14-21-13-18(3)31(20(21)5)24-8-6-7-17(2)19(24)4/h6-14H,15H2,1-5H3,(H,28,32)(H,29,34). The molecule has 0 spiro atoms. The molecular formula is C27H28N4O3. The van der Waals surface area contributed by atoms with Crippen LogP contribution in [0.2, 0.25) is 0 Å². The quantitative estimate of drug-likeness (QED) is 0.436. The summed E-state index contributed by atoms with van der Waals surface area (Å²) in [5.41, 5.74) is 8.08. The van der Waals surface area contributed by atoms with Crippen molar-refractivity contribution in [2.75, 3.05) is 11.9 Å². The first-order valence-electron chi connectivity index (χ1n) is 11.1. The second-order valence-electron chi connectivity index (χ2n) is 8.67. The van der Waals surface area contributed by atoms with Gasteiger partial charge in [-0.2, -0.15) is 0 Å². The summed E-state index contributed by atoms with van der Waals surface area (Å²) in [6.45, 7) is 9.74. The van der Waals surface area contributed by atoms with Crippen LogP contribution in [0.4, 0.5) is 10.5 Å². The topological polar surface area (TPSA) is 83.4 Å². The number of carbonyl (C=O) groups excluding carboxylic acids is 3. The molecule has 34 heavy (non-hydrogen) atoms. The summed E-state index contributed by atoms with van der Waals surface area (Å²) in [4.78, 5) is 38.7. The Hall–Kier alpha value is -4.13. The molecule has 7 nitrogen and oxygen atoms in total. The van der Waals surface area contributed by atoms with Crippen LogP contribution in [0.1, 0.15) is 33.6 Å². The average molecular weight is 457 g/mol. The van der Waals surface area contributed by atoms with Gasteiger partial charge in [-0.25, -0.2) is 9.69 Å². The fourth-order valence-electron chi connectivity index (χ4n) is 4.13. The monoisotopic (exact) mass is 456 g/mol. The van der Waals surface area contributed by atoms with Crippen molar-refractivity contribution in [2.24, 2.45) is 0 Å². The Balaban J connectivity index is 1.55. The highest BCUT2D eigenvalue weighted by Gasteiger charge is 2.35. The number of anilines is 1. The van der Waals surface area contributed by atoms with Gasteiger partial charge in [0.1, 0.15) is 12.2 Å². The molecule has 0 aliphatic carbocycles. The number of amides is 4. The van der Waals surface area contributed by atoms with Crippen molar-refractivity contribution in [2.45, 2.75) is 34.6 Å². The number of hydrogen-bond donors (Lipinski definition) is 2. The molecule has 0 atom stereocenters. The molecule has 1 saturated heterocycles. The number of urea groups is 1. The number of rotatable bonds is 5. The van der Waals surface area contributed by atoms with Crippen molar-refractivity contribution < 1.29 is 14.4 Å². The van der Waals surface area contributed by atoms with Gasteiger partial charge >= 0.3 is 6.03 Å². The molecule has 174 valence electrons. The molecule has 2 heterocycles. The SMILES string of the molecule is Cc1ccc(NC(=O)CN2C(=O)NC(=Cc3cc(C)n(-c4cccc(C)c4C)c3C)C2=O)cc1. The smallest absolute Gasteiger partial charge is 0.325 e. The van der Waals surface area contributed by atoms with Crippen LogP contribution in [0, 0.1) is 34.6 Å². The van der Waals surface area contributed by atoms with Gasteiger partial charge in [-0.05, 0) is 81.7 Å². The maximum Gasteiger partial charge on any atom is 0.329 e. The number of nitrogens with one attached hydrogen (secondary N) is 2. The second-order valence-corrected chi connectivity index (χ2v) is 8.67. The zero-order valence-corrected chi connectivity index (χ0v) is 20.0. The first-order chi connectivity index (χ1) is 16.2. The summed E-state index contributed by atoms with van der Waals surface area (Å²) in [5, 5.41) is 5.32. The van der Waals surface area contributed by atoms with E-state index in [0.717, 1.165) is 33.1 Å². The van der Waals surface area contributed by atoms with E-state index in [4.69, 9.17) is 0 Å². The van der Waals surface area contributed by atoms with Gasteiger partial charge < -0.3 is 15.2 Å². The third-order valence-electron chi connectivity index (χ3n) is 6.19. The summed E-state index contributed by atoms with van der Waals surface area (Å²) in [6, 6.07) is 14.8. The lowest BCUT2D eigenvalue weighted by Gasteiger charge is -2.14. The first kappa shape index (κ1) is 23.0. The van der Waals surface area contributed by atoms with Gasteiger partial charge in [0.25, 0.3) is 5.91 Å². The molecule has 0 unspecified atom stereocenters. The lowest BCUT2D eigenvalue weighted by molar-refractivity contribution is -0.127. The van der Waals surface area contributed by atoms with Crippen LogP contribution < -0.4 is 10.6 Å². The van der Waals surface area contributed by atoms with E-state index in [1.807, 2.05) is 45.0 Å². The minimum Gasteiger partial charge on any atom is -0.325 e. The van der Waals surface area contributed by atoms with E-state index in [2.05, 4.69) is 41.2 Å². The third-order valence-corrected chi connectivity index (χ3v) is 6.19. The average Bonchev–Trinajstić information content (AvgIpc) is 3.21. The summed E-state index contributed by atoms with van der Waals surface area (Å²) >= 11 is 0. The molecular weight excluding hydrogens is 428 g/mol. The Labute approximate surface area is 199 Å². The summed E-state index contributed by atoms with van der Waals surface area (Å²) in [6.07, 6.45) is 1.67. The first-order valence-corrected chi connectivity index (χ1v) is 11.1. The number of aryl methyl sites for hydroxylation is 3. The number of benzene rings is 2. The predicted molar refractivity (Wildman–Crippen MR) is 133 cm³/mol. The highest BCUT2D eigenvalue weighted by atomic mass is 16.2. The molecule has 0 radical (unpaired) electrons. The van der Waals surface area contributed by atoms with Crippen molar-refractivity contribution in [1.82, 2.24) is 14.8 Å². The molecule has 0 saturated carbocycles. The molecule has 0 bridgehead atoms. The summed E-state index contributed by atoms with van der Waals surface area (Å²) < 4.78 is 2.14. The van der Waals surface area contributed by atoms with E-state index in [1.165, 1.54) is 11.1 Å².